The molecule has 0 unspecified atom stereocenters. The molecule has 5 heteroatoms. The Morgan fingerprint density at radius 3 is 2.75 bits per heavy atom. The Bertz CT molecular complexity index is 731. The third kappa shape index (κ3) is 3.93. The lowest BCUT2D eigenvalue weighted by atomic mass is 10.1. The summed E-state index contributed by atoms with van der Waals surface area (Å²) in [6.07, 6.45) is -0.956. The number of benzene rings is 2. The van der Waals surface area contributed by atoms with E-state index in [0.29, 0.717) is 18.8 Å². The fraction of sp³-hybridized carbons (Fsp3) is 0.316. The van der Waals surface area contributed by atoms with Gasteiger partial charge in [0.05, 0.1) is 5.56 Å². The Kier molecular flexibility index (Phi) is 4.83. The van der Waals surface area contributed by atoms with E-state index in [-0.39, 0.29) is 11.7 Å². The van der Waals surface area contributed by atoms with Gasteiger partial charge in [-0.3, -0.25) is 4.90 Å². The largest absolute Gasteiger partial charge is 0.486 e. The second-order valence-electron chi connectivity index (χ2n) is 6.24. The average Bonchev–Trinajstić information content (AvgIpc) is 2.87. The topological polar surface area (TPSA) is 70.0 Å². The first-order valence-corrected chi connectivity index (χ1v) is 7.97. The first kappa shape index (κ1) is 16.5. The van der Waals surface area contributed by atoms with E-state index in [1.807, 2.05) is 6.07 Å². The number of hydrogen-bond acceptors (Lipinski definition) is 4. The lowest BCUT2D eigenvalue weighted by Gasteiger charge is -2.17. The molecule has 0 radical (unpaired) electrons. The third-order valence-corrected chi connectivity index (χ3v) is 4.17. The first-order valence-electron chi connectivity index (χ1n) is 7.97. The molecule has 0 spiro atoms. The summed E-state index contributed by atoms with van der Waals surface area (Å²) in [6, 6.07) is 14.7. The van der Waals surface area contributed by atoms with Crippen LogP contribution in [0.2, 0.25) is 0 Å². The van der Waals surface area contributed by atoms with Crippen LogP contribution in [0.3, 0.4) is 0 Å². The van der Waals surface area contributed by atoms with Gasteiger partial charge in [-0.05, 0) is 30.7 Å². The number of β-amino-alcohol motifs (C(OH)–C–C–N with tert-alkyl or cyclic N) is 1. The SMILES string of the molecule is Cc1cccc(CN2C[C@@H](O)[C@H](Oc3cccc(C(=O)O)c3)C2)c1. The van der Waals surface area contributed by atoms with Crippen molar-refractivity contribution in [1.29, 1.82) is 0 Å². The van der Waals surface area contributed by atoms with Crippen molar-refractivity contribution in [3.05, 3.63) is 65.2 Å². The summed E-state index contributed by atoms with van der Waals surface area (Å²) in [7, 11) is 0. The highest BCUT2D eigenvalue weighted by molar-refractivity contribution is 5.88. The van der Waals surface area contributed by atoms with E-state index in [2.05, 4.69) is 30.0 Å². The van der Waals surface area contributed by atoms with Gasteiger partial charge >= 0.3 is 5.97 Å². The number of carboxylic acid groups (broad SMARTS) is 1. The Balaban J connectivity index is 1.63. The minimum absolute atomic E-state index is 0.177. The highest BCUT2D eigenvalue weighted by atomic mass is 16.5. The zero-order chi connectivity index (χ0) is 17.1. The summed E-state index contributed by atoms with van der Waals surface area (Å²) >= 11 is 0. The molecule has 0 aliphatic carbocycles. The second-order valence-corrected chi connectivity index (χ2v) is 6.24. The minimum Gasteiger partial charge on any atom is -0.486 e. The zero-order valence-corrected chi connectivity index (χ0v) is 13.6. The van der Waals surface area contributed by atoms with Crippen LogP contribution in [-0.2, 0) is 6.54 Å². The van der Waals surface area contributed by atoms with Crippen LogP contribution in [0, 0.1) is 6.92 Å². The molecule has 2 atom stereocenters. The van der Waals surface area contributed by atoms with Crippen molar-refractivity contribution in [2.45, 2.75) is 25.7 Å². The molecule has 24 heavy (non-hydrogen) atoms. The molecule has 1 saturated heterocycles. The van der Waals surface area contributed by atoms with Gasteiger partial charge in [-0.2, -0.15) is 0 Å². The van der Waals surface area contributed by atoms with Gasteiger partial charge in [0.1, 0.15) is 18.0 Å². The number of likely N-dealkylation sites (tertiary alicyclic amines) is 1. The van der Waals surface area contributed by atoms with Crippen LogP contribution < -0.4 is 4.74 Å². The fourth-order valence-electron chi connectivity index (χ4n) is 3.02. The minimum atomic E-state index is -0.992. The van der Waals surface area contributed by atoms with Crippen LogP contribution >= 0.6 is 0 Å². The lowest BCUT2D eigenvalue weighted by molar-refractivity contribution is 0.0688. The molecule has 1 fully saturated rings. The number of carboxylic acids is 1. The Hall–Kier alpha value is -2.37. The van der Waals surface area contributed by atoms with Crippen molar-refractivity contribution in [2.75, 3.05) is 13.1 Å². The predicted octanol–water partition coefficient (Wildman–Crippen LogP) is 2.32. The third-order valence-electron chi connectivity index (χ3n) is 4.17. The number of rotatable bonds is 5. The van der Waals surface area contributed by atoms with E-state index in [4.69, 9.17) is 9.84 Å². The smallest absolute Gasteiger partial charge is 0.335 e. The van der Waals surface area contributed by atoms with Gasteiger partial charge in [-0.15, -0.1) is 0 Å². The van der Waals surface area contributed by atoms with Gasteiger partial charge in [-0.1, -0.05) is 35.9 Å². The van der Waals surface area contributed by atoms with Crippen molar-refractivity contribution in [3.8, 4) is 5.75 Å². The molecule has 2 aromatic carbocycles. The van der Waals surface area contributed by atoms with Crippen LogP contribution in [0.15, 0.2) is 48.5 Å². The van der Waals surface area contributed by atoms with E-state index >= 15 is 0 Å². The number of aryl methyl sites for hydroxylation is 1. The Labute approximate surface area is 141 Å². The summed E-state index contributed by atoms with van der Waals surface area (Å²) in [6.45, 7) is 3.96. The molecule has 0 amide bonds. The fourth-order valence-corrected chi connectivity index (χ4v) is 3.02. The van der Waals surface area contributed by atoms with Crippen LogP contribution in [0.4, 0.5) is 0 Å². The summed E-state index contributed by atoms with van der Waals surface area (Å²) in [4.78, 5) is 13.2. The molecule has 1 heterocycles. The summed E-state index contributed by atoms with van der Waals surface area (Å²) in [5, 5.41) is 19.3. The standard InChI is InChI=1S/C19H21NO4/c1-13-4-2-5-14(8-13)10-20-11-17(21)18(12-20)24-16-7-3-6-15(9-16)19(22)23/h2-9,17-18,21H,10-12H2,1H3,(H,22,23)/t17-,18-/m1/s1. The van der Waals surface area contributed by atoms with Crippen molar-refractivity contribution in [3.63, 3.8) is 0 Å². The van der Waals surface area contributed by atoms with Gasteiger partial charge in [-0.25, -0.2) is 4.79 Å². The summed E-state index contributed by atoms with van der Waals surface area (Å²) in [5.41, 5.74) is 2.60. The highest BCUT2D eigenvalue weighted by Gasteiger charge is 2.33. The highest BCUT2D eigenvalue weighted by Crippen LogP contribution is 2.21. The number of carbonyl (C=O) groups is 1. The summed E-state index contributed by atoms with van der Waals surface area (Å²) in [5.74, 6) is -0.523. The molecular formula is C19H21NO4. The molecule has 0 bridgehead atoms. The quantitative estimate of drug-likeness (QED) is 0.882. The Morgan fingerprint density at radius 1 is 1.21 bits per heavy atom. The molecular weight excluding hydrogens is 306 g/mol. The predicted molar refractivity (Wildman–Crippen MR) is 90.3 cm³/mol. The van der Waals surface area contributed by atoms with E-state index in [0.717, 1.165) is 6.54 Å². The molecule has 0 saturated carbocycles. The molecule has 0 aromatic heterocycles. The maximum absolute atomic E-state index is 11.0. The van der Waals surface area contributed by atoms with Crippen LogP contribution in [-0.4, -0.2) is 46.4 Å². The molecule has 126 valence electrons. The van der Waals surface area contributed by atoms with E-state index < -0.39 is 12.1 Å². The molecule has 2 aromatic rings. The molecule has 1 aliphatic rings. The maximum atomic E-state index is 11.0. The second kappa shape index (κ2) is 7.03. The number of ether oxygens (including phenoxy) is 1. The number of aliphatic hydroxyl groups excluding tert-OH is 1. The molecule has 3 rings (SSSR count). The van der Waals surface area contributed by atoms with Gasteiger partial charge < -0.3 is 14.9 Å². The molecule has 2 N–H and O–H groups in total. The number of aliphatic hydroxyl groups is 1. The Morgan fingerprint density at radius 2 is 2.00 bits per heavy atom. The average molecular weight is 327 g/mol. The zero-order valence-electron chi connectivity index (χ0n) is 13.6. The molecule has 1 aliphatic heterocycles. The van der Waals surface area contributed by atoms with Gasteiger partial charge in [0.15, 0.2) is 0 Å². The van der Waals surface area contributed by atoms with Crippen molar-refractivity contribution in [2.24, 2.45) is 0 Å². The van der Waals surface area contributed by atoms with Gasteiger partial charge in [0.2, 0.25) is 0 Å². The number of hydrogen-bond donors (Lipinski definition) is 2. The van der Waals surface area contributed by atoms with Crippen molar-refractivity contribution < 1.29 is 19.7 Å². The van der Waals surface area contributed by atoms with Gasteiger partial charge in [0, 0.05) is 19.6 Å². The van der Waals surface area contributed by atoms with Crippen molar-refractivity contribution >= 4 is 5.97 Å². The van der Waals surface area contributed by atoms with Crippen LogP contribution in [0.5, 0.6) is 5.75 Å². The van der Waals surface area contributed by atoms with E-state index in [1.165, 1.54) is 23.3 Å². The summed E-state index contributed by atoms with van der Waals surface area (Å²) < 4.78 is 5.82. The van der Waals surface area contributed by atoms with Crippen LogP contribution in [0.1, 0.15) is 21.5 Å². The molecule has 5 nitrogen and oxygen atoms in total. The number of nitrogens with zero attached hydrogens (tertiary/aromatic N) is 1. The lowest BCUT2D eigenvalue weighted by Crippen LogP contribution is -2.30. The first-order chi connectivity index (χ1) is 11.5. The number of aromatic carboxylic acids is 1. The van der Waals surface area contributed by atoms with Crippen molar-refractivity contribution in [1.82, 2.24) is 4.90 Å². The van der Waals surface area contributed by atoms with Crippen LogP contribution in [0.25, 0.3) is 0 Å². The van der Waals surface area contributed by atoms with E-state index in [9.17, 15) is 9.90 Å². The van der Waals surface area contributed by atoms with Gasteiger partial charge in [0.25, 0.3) is 0 Å². The normalized spacial score (nSPS) is 20.9. The van der Waals surface area contributed by atoms with E-state index in [1.54, 1.807) is 12.1 Å². The monoisotopic (exact) mass is 327 g/mol. The maximum Gasteiger partial charge on any atom is 0.335 e.